The van der Waals surface area contributed by atoms with Crippen LogP contribution < -0.4 is 0 Å². The molecule has 0 aliphatic heterocycles. The van der Waals surface area contributed by atoms with Crippen molar-refractivity contribution in [2.24, 2.45) is 5.92 Å². The van der Waals surface area contributed by atoms with Gasteiger partial charge in [0, 0.05) is 24.5 Å². The van der Waals surface area contributed by atoms with Gasteiger partial charge in [-0.2, -0.15) is 0 Å². The topological polar surface area (TPSA) is 74.7 Å². The Labute approximate surface area is 122 Å². The van der Waals surface area contributed by atoms with Gasteiger partial charge < -0.3 is 5.11 Å². The summed E-state index contributed by atoms with van der Waals surface area (Å²) in [5.74, 6) is -0.428. The van der Waals surface area contributed by atoms with Crippen LogP contribution >= 0.6 is 11.3 Å². The molecular weight excluding hydrogens is 298 g/mol. The maximum atomic E-state index is 12.0. The minimum atomic E-state index is -3.19. The second-order valence-corrected chi connectivity index (χ2v) is 8.07. The van der Waals surface area contributed by atoms with Crippen LogP contribution in [-0.2, 0) is 21.4 Å². The third-order valence-corrected chi connectivity index (χ3v) is 6.01. The van der Waals surface area contributed by atoms with Crippen LogP contribution in [-0.4, -0.2) is 36.6 Å². The van der Waals surface area contributed by atoms with E-state index in [2.05, 4.69) is 0 Å². The monoisotopic (exact) mass is 315 g/mol. The second kappa shape index (κ2) is 6.07. The third-order valence-electron chi connectivity index (χ3n) is 3.09. The highest BCUT2D eigenvalue weighted by Crippen LogP contribution is 2.31. The average Bonchev–Trinajstić information content (AvgIpc) is 3.03. The first kappa shape index (κ1) is 15.2. The van der Waals surface area contributed by atoms with Crippen LogP contribution in [0.1, 0.15) is 23.3 Å². The Morgan fingerprint density at radius 3 is 2.85 bits per heavy atom. The van der Waals surface area contributed by atoms with Crippen molar-refractivity contribution in [1.29, 1.82) is 0 Å². The first-order valence-electron chi connectivity index (χ1n) is 6.29. The Balaban J connectivity index is 1.97. The first-order valence-corrected chi connectivity index (χ1v) is 8.78. The van der Waals surface area contributed by atoms with E-state index >= 15 is 0 Å². The molecule has 1 aromatic heterocycles. The van der Waals surface area contributed by atoms with Crippen molar-refractivity contribution >= 4 is 33.4 Å². The van der Waals surface area contributed by atoms with Crippen molar-refractivity contribution < 1.29 is 18.3 Å². The predicted octanol–water partition coefficient (Wildman–Crippen LogP) is 2.02. The van der Waals surface area contributed by atoms with Crippen LogP contribution in [0.25, 0.3) is 6.08 Å². The number of carbonyl (C=O) groups is 1. The number of nitrogens with zero attached hydrogens (tertiary/aromatic N) is 1. The SMILES string of the molecule is CN(Cc1csc(C=CC(=O)O)c1)S(=O)(=O)CC1CC1. The molecule has 0 radical (unpaired) electrons. The van der Waals surface area contributed by atoms with Gasteiger partial charge in [-0.15, -0.1) is 11.3 Å². The van der Waals surface area contributed by atoms with E-state index < -0.39 is 16.0 Å². The van der Waals surface area contributed by atoms with Crippen molar-refractivity contribution in [3.05, 3.63) is 28.0 Å². The van der Waals surface area contributed by atoms with Gasteiger partial charge >= 0.3 is 5.97 Å². The molecule has 0 unspecified atom stereocenters. The number of thiophene rings is 1. The lowest BCUT2D eigenvalue weighted by atomic mass is 10.3. The van der Waals surface area contributed by atoms with Gasteiger partial charge in [-0.25, -0.2) is 17.5 Å². The van der Waals surface area contributed by atoms with Crippen LogP contribution in [0.4, 0.5) is 0 Å². The molecule has 1 N–H and O–H groups in total. The summed E-state index contributed by atoms with van der Waals surface area (Å²) in [6, 6.07) is 1.81. The summed E-state index contributed by atoms with van der Waals surface area (Å²) in [6.45, 7) is 0.326. The Morgan fingerprint density at radius 2 is 2.25 bits per heavy atom. The van der Waals surface area contributed by atoms with E-state index in [4.69, 9.17) is 5.11 Å². The molecule has 7 heteroatoms. The smallest absolute Gasteiger partial charge is 0.328 e. The molecular formula is C13H17NO4S2. The molecule has 1 fully saturated rings. The number of aliphatic carboxylic acids is 1. The molecule has 0 amide bonds. The highest BCUT2D eigenvalue weighted by Gasteiger charge is 2.30. The summed E-state index contributed by atoms with van der Waals surface area (Å²) in [7, 11) is -1.60. The van der Waals surface area contributed by atoms with Crippen molar-refractivity contribution in [1.82, 2.24) is 4.31 Å². The lowest BCUT2D eigenvalue weighted by Gasteiger charge is -2.16. The first-order chi connectivity index (χ1) is 9.37. The minimum absolute atomic E-state index is 0.236. The maximum Gasteiger partial charge on any atom is 0.328 e. The van der Waals surface area contributed by atoms with E-state index in [0.717, 1.165) is 29.4 Å². The summed E-state index contributed by atoms with van der Waals surface area (Å²) in [4.78, 5) is 11.2. The largest absolute Gasteiger partial charge is 0.478 e. The van der Waals surface area contributed by atoms with Crippen molar-refractivity contribution in [3.8, 4) is 0 Å². The number of carboxylic acid groups (broad SMARTS) is 1. The molecule has 1 saturated carbocycles. The van der Waals surface area contributed by atoms with Gasteiger partial charge in [-0.1, -0.05) is 0 Å². The fourth-order valence-corrected chi connectivity index (χ4v) is 4.11. The second-order valence-electron chi connectivity index (χ2n) is 5.01. The van der Waals surface area contributed by atoms with Crippen LogP contribution in [0.15, 0.2) is 17.5 Å². The molecule has 1 aromatic rings. The van der Waals surface area contributed by atoms with E-state index in [9.17, 15) is 13.2 Å². The van der Waals surface area contributed by atoms with Crippen molar-refractivity contribution in [2.75, 3.05) is 12.8 Å². The fourth-order valence-electron chi connectivity index (χ4n) is 1.78. The zero-order valence-electron chi connectivity index (χ0n) is 11.2. The molecule has 110 valence electrons. The lowest BCUT2D eigenvalue weighted by molar-refractivity contribution is -0.131. The van der Waals surface area contributed by atoms with Gasteiger partial charge in [0.05, 0.1) is 5.75 Å². The van der Waals surface area contributed by atoms with E-state index in [1.54, 1.807) is 7.05 Å². The Kier molecular flexibility index (Phi) is 4.62. The zero-order chi connectivity index (χ0) is 14.8. The van der Waals surface area contributed by atoms with Gasteiger partial charge in [-0.3, -0.25) is 0 Å². The van der Waals surface area contributed by atoms with Gasteiger partial charge in [0.15, 0.2) is 0 Å². The Hall–Kier alpha value is -1.18. The van der Waals surface area contributed by atoms with E-state index in [1.807, 2.05) is 11.4 Å². The molecule has 5 nitrogen and oxygen atoms in total. The third kappa shape index (κ3) is 4.43. The molecule has 0 bridgehead atoms. The molecule has 1 aliphatic rings. The van der Waals surface area contributed by atoms with Gasteiger partial charge in [0.25, 0.3) is 0 Å². The standard InChI is InChI=1S/C13H17NO4S2/c1-14(20(17,18)9-10-2-3-10)7-11-6-12(19-8-11)4-5-13(15)16/h4-6,8,10H,2-3,7,9H2,1H3,(H,15,16). The molecule has 0 aromatic carbocycles. The highest BCUT2D eigenvalue weighted by molar-refractivity contribution is 7.89. The van der Waals surface area contributed by atoms with Gasteiger partial charge in [0.2, 0.25) is 10.0 Å². The normalized spacial score (nSPS) is 16.1. The highest BCUT2D eigenvalue weighted by atomic mass is 32.2. The van der Waals surface area contributed by atoms with E-state index in [0.29, 0.717) is 12.5 Å². The van der Waals surface area contributed by atoms with Crippen LogP contribution in [0.5, 0.6) is 0 Å². The van der Waals surface area contributed by atoms with E-state index in [1.165, 1.54) is 21.7 Å². The summed E-state index contributed by atoms with van der Waals surface area (Å²) in [5, 5.41) is 10.4. The predicted molar refractivity (Wildman–Crippen MR) is 79.0 cm³/mol. The lowest BCUT2D eigenvalue weighted by Crippen LogP contribution is -2.29. The van der Waals surface area contributed by atoms with Crippen molar-refractivity contribution in [2.45, 2.75) is 19.4 Å². The number of rotatable bonds is 7. The van der Waals surface area contributed by atoms with Crippen LogP contribution in [0.2, 0.25) is 0 Å². The average molecular weight is 315 g/mol. The summed E-state index contributed by atoms with van der Waals surface area (Å²) < 4.78 is 25.5. The van der Waals surface area contributed by atoms with Gasteiger partial charge in [0.1, 0.15) is 0 Å². The molecule has 0 spiro atoms. The minimum Gasteiger partial charge on any atom is -0.478 e. The molecule has 0 saturated heterocycles. The zero-order valence-corrected chi connectivity index (χ0v) is 12.8. The maximum absolute atomic E-state index is 12.0. The Morgan fingerprint density at radius 1 is 1.55 bits per heavy atom. The van der Waals surface area contributed by atoms with Crippen LogP contribution in [0, 0.1) is 5.92 Å². The molecule has 1 aliphatic carbocycles. The summed E-state index contributed by atoms with van der Waals surface area (Å²) in [5.41, 5.74) is 0.877. The summed E-state index contributed by atoms with van der Waals surface area (Å²) in [6.07, 6.45) is 4.60. The number of hydrogen-bond donors (Lipinski definition) is 1. The van der Waals surface area contributed by atoms with Crippen LogP contribution in [0.3, 0.4) is 0 Å². The summed E-state index contributed by atoms with van der Waals surface area (Å²) >= 11 is 1.40. The van der Waals surface area contributed by atoms with Gasteiger partial charge in [-0.05, 0) is 41.8 Å². The molecule has 1 heterocycles. The number of hydrogen-bond acceptors (Lipinski definition) is 4. The van der Waals surface area contributed by atoms with Crippen molar-refractivity contribution in [3.63, 3.8) is 0 Å². The number of sulfonamides is 1. The molecule has 2 rings (SSSR count). The fraction of sp³-hybridized carbons (Fsp3) is 0.462. The Bertz CT molecular complexity index is 614. The number of carboxylic acids is 1. The molecule has 0 atom stereocenters. The quantitative estimate of drug-likeness (QED) is 0.781. The molecule has 20 heavy (non-hydrogen) atoms. The van der Waals surface area contributed by atoms with E-state index in [-0.39, 0.29) is 5.75 Å².